The first-order chi connectivity index (χ1) is 11.6. The SMILES string of the molecule is C[C@@H]1C[C@H]1c1ccc(/C=C\C(=O)N(C)Cc2nnc3n2CCC3)o1. The van der Waals surface area contributed by atoms with Crippen molar-refractivity contribution >= 4 is 12.0 Å². The van der Waals surface area contributed by atoms with Crippen molar-refractivity contribution in [2.75, 3.05) is 7.05 Å². The summed E-state index contributed by atoms with van der Waals surface area (Å²) in [5.74, 6) is 4.85. The number of carbonyl (C=O) groups is 1. The second kappa shape index (κ2) is 5.92. The molecule has 1 saturated carbocycles. The van der Waals surface area contributed by atoms with Gasteiger partial charge in [0, 0.05) is 32.0 Å². The number of furan rings is 1. The number of nitrogens with zero attached hydrogens (tertiary/aromatic N) is 4. The van der Waals surface area contributed by atoms with Crippen molar-refractivity contribution in [3.05, 3.63) is 41.4 Å². The Morgan fingerprint density at radius 1 is 1.46 bits per heavy atom. The van der Waals surface area contributed by atoms with Gasteiger partial charge in [-0.15, -0.1) is 10.2 Å². The smallest absolute Gasteiger partial charge is 0.246 e. The third-order valence-electron chi connectivity index (χ3n) is 4.95. The van der Waals surface area contributed by atoms with E-state index in [1.807, 2.05) is 12.1 Å². The molecule has 2 aliphatic rings. The van der Waals surface area contributed by atoms with E-state index in [0.29, 0.717) is 18.4 Å². The molecule has 4 rings (SSSR count). The van der Waals surface area contributed by atoms with Crippen molar-refractivity contribution in [1.29, 1.82) is 0 Å². The lowest BCUT2D eigenvalue weighted by atomic mass is 10.3. The molecule has 1 amide bonds. The van der Waals surface area contributed by atoms with Gasteiger partial charge in [0.1, 0.15) is 17.3 Å². The van der Waals surface area contributed by atoms with Crippen LogP contribution in [0, 0.1) is 5.92 Å². The molecule has 3 heterocycles. The van der Waals surface area contributed by atoms with Gasteiger partial charge < -0.3 is 13.9 Å². The van der Waals surface area contributed by atoms with Gasteiger partial charge in [0.2, 0.25) is 5.91 Å². The molecule has 0 spiro atoms. The topological polar surface area (TPSA) is 64.2 Å². The van der Waals surface area contributed by atoms with Gasteiger partial charge in [-0.05, 0) is 37.0 Å². The standard InChI is InChI=1S/C18H22N4O2/c1-12-10-14(12)15-7-5-13(24-15)6-8-18(23)21(2)11-17-20-19-16-4-3-9-22(16)17/h5-8,12,14H,3-4,9-11H2,1-2H3/b8-6-/t12-,14-/m1/s1. The number of fused-ring (bicyclic) bond motifs is 1. The second-order valence-electron chi connectivity index (χ2n) is 6.87. The third kappa shape index (κ3) is 2.88. The summed E-state index contributed by atoms with van der Waals surface area (Å²) in [5.41, 5.74) is 0. The first-order valence-electron chi connectivity index (χ1n) is 8.55. The summed E-state index contributed by atoms with van der Waals surface area (Å²) in [5, 5.41) is 8.37. The van der Waals surface area contributed by atoms with Crippen molar-refractivity contribution in [2.24, 2.45) is 5.92 Å². The average Bonchev–Trinajstić information content (AvgIpc) is 3.00. The van der Waals surface area contributed by atoms with Gasteiger partial charge in [0.25, 0.3) is 0 Å². The Labute approximate surface area is 141 Å². The molecule has 6 heteroatoms. The zero-order chi connectivity index (χ0) is 16.7. The molecular formula is C18H22N4O2. The van der Waals surface area contributed by atoms with E-state index in [2.05, 4.69) is 21.7 Å². The Morgan fingerprint density at radius 2 is 2.29 bits per heavy atom. The Kier molecular flexibility index (Phi) is 3.75. The van der Waals surface area contributed by atoms with E-state index in [1.165, 1.54) is 6.42 Å². The normalized spacial score (nSPS) is 22.1. The van der Waals surface area contributed by atoms with Crippen LogP contribution >= 0.6 is 0 Å². The number of likely N-dealkylation sites (N-methyl/N-ethyl adjacent to an activating group) is 1. The van der Waals surface area contributed by atoms with Crippen molar-refractivity contribution < 1.29 is 9.21 Å². The molecule has 0 N–H and O–H groups in total. The molecule has 0 aromatic carbocycles. The minimum atomic E-state index is -0.0666. The Bertz CT molecular complexity index is 789. The average molecular weight is 326 g/mol. The van der Waals surface area contributed by atoms with E-state index >= 15 is 0 Å². The molecule has 2 aromatic rings. The fourth-order valence-corrected chi connectivity index (χ4v) is 3.27. The number of carbonyl (C=O) groups excluding carboxylic acids is 1. The molecule has 126 valence electrons. The lowest BCUT2D eigenvalue weighted by Gasteiger charge is -2.14. The monoisotopic (exact) mass is 326 g/mol. The van der Waals surface area contributed by atoms with Crippen molar-refractivity contribution in [3.63, 3.8) is 0 Å². The van der Waals surface area contributed by atoms with Crippen LogP contribution in [0.4, 0.5) is 0 Å². The molecular weight excluding hydrogens is 304 g/mol. The van der Waals surface area contributed by atoms with Gasteiger partial charge >= 0.3 is 0 Å². The Morgan fingerprint density at radius 3 is 3.08 bits per heavy atom. The van der Waals surface area contributed by atoms with Crippen LogP contribution in [0.25, 0.3) is 6.08 Å². The quantitative estimate of drug-likeness (QED) is 0.792. The molecule has 24 heavy (non-hydrogen) atoms. The van der Waals surface area contributed by atoms with Crippen LogP contribution in [0.2, 0.25) is 0 Å². The summed E-state index contributed by atoms with van der Waals surface area (Å²) in [7, 11) is 1.78. The van der Waals surface area contributed by atoms with Crippen molar-refractivity contribution in [1.82, 2.24) is 19.7 Å². The fourth-order valence-electron chi connectivity index (χ4n) is 3.27. The molecule has 2 atom stereocenters. The molecule has 0 unspecified atom stereocenters. The Balaban J connectivity index is 1.37. The van der Waals surface area contributed by atoms with E-state index in [9.17, 15) is 4.79 Å². The number of hydrogen-bond donors (Lipinski definition) is 0. The molecule has 2 aromatic heterocycles. The summed E-state index contributed by atoms with van der Waals surface area (Å²) < 4.78 is 7.90. The zero-order valence-electron chi connectivity index (χ0n) is 14.1. The molecule has 1 aliphatic heterocycles. The minimum absolute atomic E-state index is 0.0666. The summed E-state index contributed by atoms with van der Waals surface area (Å²) in [6.45, 7) is 3.64. The third-order valence-corrected chi connectivity index (χ3v) is 4.95. The fraction of sp³-hybridized carbons (Fsp3) is 0.500. The lowest BCUT2D eigenvalue weighted by molar-refractivity contribution is -0.125. The predicted octanol–water partition coefficient (Wildman–Crippen LogP) is 2.61. The van der Waals surface area contributed by atoms with Gasteiger partial charge in [0.15, 0.2) is 5.82 Å². The molecule has 6 nitrogen and oxygen atoms in total. The first-order valence-corrected chi connectivity index (χ1v) is 8.55. The van der Waals surface area contributed by atoms with E-state index in [-0.39, 0.29) is 5.91 Å². The van der Waals surface area contributed by atoms with Gasteiger partial charge in [-0.2, -0.15) is 0 Å². The number of hydrogen-bond acceptors (Lipinski definition) is 4. The highest BCUT2D eigenvalue weighted by Crippen LogP contribution is 2.47. The van der Waals surface area contributed by atoms with Crippen molar-refractivity contribution in [3.8, 4) is 0 Å². The largest absolute Gasteiger partial charge is 0.461 e. The van der Waals surface area contributed by atoms with Crippen molar-refractivity contribution in [2.45, 2.75) is 45.2 Å². The number of amides is 1. The second-order valence-corrected chi connectivity index (χ2v) is 6.87. The Hall–Kier alpha value is -2.37. The summed E-state index contributed by atoms with van der Waals surface area (Å²) in [4.78, 5) is 13.9. The molecule has 0 radical (unpaired) electrons. The molecule has 0 saturated heterocycles. The van der Waals surface area contributed by atoms with Gasteiger partial charge in [-0.3, -0.25) is 4.79 Å². The predicted molar refractivity (Wildman–Crippen MR) is 89.1 cm³/mol. The summed E-state index contributed by atoms with van der Waals surface area (Å²) in [6, 6.07) is 3.94. The highest BCUT2D eigenvalue weighted by molar-refractivity contribution is 5.91. The maximum atomic E-state index is 12.3. The maximum Gasteiger partial charge on any atom is 0.246 e. The van der Waals surface area contributed by atoms with Crippen LogP contribution in [0.3, 0.4) is 0 Å². The van der Waals surface area contributed by atoms with Crippen LogP contribution in [-0.2, 0) is 24.3 Å². The van der Waals surface area contributed by atoms with E-state index in [1.54, 1.807) is 24.1 Å². The van der Waals surface area contributed by atoms with Crippen LogP contribution < -0.4 is 0 Å². The van der Waals surface area contributed by atoms with Gasteiger partial charge in [-0.1, -0.05) is 6.92 Å². The molecule has 1 fully saturated rings. The summed E-state index contributed by atoms with van der Waals surface area (Å²) in [6.07, 6.45) is 6.58. The maximum absolute atomic E-state index is 12.3. The zero-order valence-corrected chi connectivity index (χ0v) is 14.1. The number of rotatable bonds is 5. The van der Waals surface area contributed by atoms with Gasteiger partial charge in [0.05, 0.1) is 6.54 Å². The molecule has 0 bridgehead atoms. The number of aromatic nitrogens is 3. The van der Waals surface area contributed by atoms with E-state index in [4.69, 9.17) is 4.42 Å². The first kappa shape index (κ1) is 15.2. The van der Waals surface area contributed by atoms with E-state index in [0.717, 1.165) is 42.6 Å². The van der Waals surface area contributed by atoms with Gasteiger partial charge in [-0.25, -0.2) is 0 Å². The van der Waals surface area contributed by atoms with Crippen LogP contribution in [-0.4, -0.2) is 32.6 Å². The van der Waals surface area contributed by atoms with Crippen LogP contribution in [0.1, 0.15) is 48.9 Å². The number of aryl methyl sites for hydroxylation is 1. The molecule has 1 aliphatic carbocycles. The summed E-state index contributed by atoms with van der Waals surface area (Å²) >= 11 is 0. The van der Waals surface area contributed by atoms with E-state index < -0.39 is 0 Å². The highest BCUT2D eigenvalue weighted by atomic mass is 16.3. The lowest BCUT2D eigenvalue weighted by Crippen LogP contribution is -2.25. The van der Waals surface area contributed by atoms with Crippen LogP contribution in [0.15, 0.2) is 22.6 Å². The minimum Gasteiger partial charge on any atom is -0.461 e. The highest BCUT2D eigenvalue weighted by Gasteiger charge is 2.36. The van der Waals surface area contributed by atoms with Crippen LogP contribution in [0.5, 0.6) is 0 Å².